The van der Waals surface area contributed by atoms with E-state index in [0.717, 1.165) is 25.2 Å². The molecule has 2 aromatic rings. The first-order valence-electron chi connectivity index (χ1n) is 7.18. The summed E-state index contributed by atoms with van der Waals surface area (Å²) in [5, 5.41) is 2.94. The lowest BCUT2D eigenvalue weighted by Crippen LogP contribution is -2.33. The van der Waals surface area contributed by atoms with Crippen LogP contribution in [0.3, 0.4) is 0 Å². The van der Waals surface area contributed by atoms with E-state index in [1.54, 1.807) is 13.0 Å². The number of aromatic nitrogens is 2. The van der Waals surface area contributed by atoms with Crippen molar-refractivity contribution in [1.82, 2.24) is 14.9 Å². The minimum Gasteiger partial charge on any atom is -0.352 e. The van der Waals surface area contributed by atoms with Crippen molar-refractivity contribution in [2.24, 2.45) is 5.92 Å². The predicted octanol–water partition coefficient (Wildman–Crippen LogP) is 2.32. The monoisotopic (exact) mass is 287 g/mol. The number of halogens is 1. The highest BCUT2D eigenvalue weighted by Gasteiger charge is 2.19. The summed E-state index contributed by atoms with van der Waals surface area (Å²) in [6, 6.07) is 4.44. The molecule has 0 saturated heterocycles. The van der Waals surface area contributed by atoms with Crippen molar-refractivity contribution in [2.75, 3.05) is 6.54 Å². The van der Waals surface area contributed by atoms with Gasteiger partial charge in [-0.1, -0.05) is 0 Å². The van der Waals surface area contributed by atoms with E-state index in [0.29, 0.717) is 23.6 Å². The minimum absolute atomic E-state index is 0.144. The number of nitrogens with one attached hydrogen (secondary N) is 1. The van der Waals surface area contributed by atoms with Gasteiger partial charge in [-0.25, -0.2) is 9.37 Å². The number of imidazole rings is 1. The van der Waals surface area contributed by atoms with Gasteiger partial charge in [-0.3, -0.25) is 4.79 Å². The average molecular weight is 287 g/mol. The van der Waals surface area contributed by atoms with Gasteiger partial charge >= 0.3 is 0 Å². The van der Waals surface area contributed by atoms with Crippen LogP contribution < -0.4 is 5.32 Å². The van der Waals surface area contributed by atoms with E-state index in [9.17, 15) is 9.18 Å². The lowest BCUT2D eigenvalue weighted by Gasteiger charge is -2.24. The molecule has 4 nitrogen and oxygen atoms in total. The van der Waals surface area contributed by atoms with Crippen molar-refractivity contribution in [2.45, 2.75) is 26.3 Å². The van der Waals surface area contributed by atoms with Gasteiger partial charge in [0.15, 0.2) is 0 Å². The smallest absolute Gasteiger partial charge is 0.251 e. The molecule has 0 saturated carbocycles. The van der Waals surface area contributed by atoms with E-state index in [1.165, 1.54) is 12.1 Å². The Morgan fingerprint density at radius 3 is 3.19 bits per heavy atom. The zero-order chi connectivity index (χ0) is 14.8. The number of carbonyl (C=O) groups is 1. The Morgan fingerprint density at radius 2 is 2.38 bits per heavy atom. The van der Waals surface area contributed by atoms with Crippen molar-refractivity contribution in [3.8, 4) is 0 Å². The summed E-state index contributed by atoms with van der Waals surface area (Å²) in [7, 11) is 0. The first-order valence-corrected chi connectivity index (χ1v) is 7.18. The summed E-state index contributed by atoms with van der Waals surface area (Å²) in [6.07, 6.45) is 5.77. The lowest BCUT2D eigenvalue weighted by atomic mass is 9.99. The molecule has 1 aromatic heterocycles. The van der Waals surface area contributed by atoms with Gasteiger partial charge in [-0.05, 0) is 43.0 Å². The fourth-order valence-corrected chi connectivity index (χ4v) is 2.73. The van der Waals surface area contributed by atoms with Crippen molar-refractivity contribution >= 4 is 5.91 Å². The largest absolute Gasteiger partial charge is 0.352 e. The van der Waals surface area contributed by atoms with Gasteiger partial charge in [0.2, 0.25) is 0 Å². The summed E-state index contributed by atoms with van der Waals surface area (Å²) in [5.74, 6) is 1.10. The van der Waals surface area contributed by atoms with E-state index in [4.69, 9.17) is 0 Å². The van der Waals surface area contributed by atoms with Crippen molar-refractivity contribution in [3.05, 3.63) is 53.4 Å². The fourth-order valence-electron chi connectivity index (χ4n) is 2.73. The lowest BCUT2D eigenvalue weighted by molar-refractivity contribution is 0.0943. The van der Waals surface area contributed by atoms with Crippen LogP contribution in [0.4, 0.5) is 4.39 Å². The average Bonchev–Trinajstić information content (AvgIpc) is 2.95. The summed E-state index contributed by atoms with van der Waals surface area (Å²) in [6.45, 7) is 3.18. The summed E-state index contributed by atoms with van der Waals surface area (Å²) in [5.41, 5.74) is 0.997. The number of fused-ring (bicyclic) bond motifs is 1. The van der Waals surface area contributed by atoms with Gasteiger partial charge in [0.05, 0.1) is 0 Å². The molecule has 1 aromatic carbocycles. The zero-order valence-corrected chi connectivity index (χ0v) is 12.0. The van der Waals surface area contributed by atoms with Gasteiger partial charge in [0.1, 0.15) is 11.6 Å². The van der Waals surface area contributed by atoms with Crippen molar-refractivity contribution in [1.29, 1.82) is 0 Å². The maximum absolute atomic E-state index is 13.2. The van der Waals surface area contributed by atoms with Crippen LogP contribution in [-0.4, -0.2) is 22.0 Å². The Bertz CT molecular complexity index is 665. The second kappa shape index (κ2) is 5.68. The third-order valence-electron chi connectivity index (χ3n) is 4.00. The molecule has 21 heavy (non-hydrogen) atoms. The van der Waals surface area contributed by atoms with Gasteiger partial charge in [-0.15, -0.1) is 0 Å². The normalized spacial score (nSPS) is 17.3. The molecule has 0 radical (unpaired) electrons. The maximum Gasteiger partial charge on any atom is 0.251 e. The Labute approximate surface area is 123 Å². The topological polar surface area (TPSA) is 46.9 Å². The molecule has 1 atom stereocenters. The molecule has 0 spiro atoms. The highest BCUT2D eigenvalue weighted by molar-refractivity contribution is 5.94. The number of carbonyl (C=O) groups excluding carboxylic acids is 1. The number of hydrogen-bond donors (Lipinski definition) is 1. The van der Waals surface area contributed by atoms with Crippen LogP contribution in [0.15, 0.2) is 30.6 Å². The molecule has 1 N–H and O–H groups in total. The van der Waals surface area contributed by atoms with Crippen LogP contribution >= 0.6 is 0 Å². The van der Waals surface area contributed by atoms with E-state index in [2.05, 4.69) is 14.9 Å². The molecular formula is C16H18FN3O. The molecule has 0 unspecified atom stereocenters. The number of nitrogens with zero attached hydrogens (tertiary/aromatic N) is 2. The Kier molecular flexibility index (Phi) is 3.73. The van der Waals surface area contributed by atoms with Crippen molar-refractivity contribution in [3.63, 3.8) is 0 Å². The van der Waals surface area contributed by atoms with Gasteiger partial charge < -0.3 is 9.88 Å². The second-order valence-corrected chi connectivity index (χ2v) is 5.57. The molecule has 1 aliphatic rings. The predicted molar refractivity (Wildman–Crippen MR) is 77.5 cm³/mol. The molecule has 5 heteroatoms. The van der Waals surface area contributed by atoms with E-state index in [-0.39, 0.29) is 11.7 Å². The third-order valence-corrected chi connectivity index (χ3v) is 4.00. The molecule has 0 aliphatic carbocycles. The Morgan fingerprint density at radius 1 is 1.52 bits per heavy atom. The van der Waals surface area contributed by atoms with Gasteiger partial charge in [-0.2, -0.15) is 0 Å². The van der Waals surface area contributed by atoms with Crippen molar-refractivity contribution < 1.29 is 9.18 Å². The second-order valence-electron chi connectivity index (χ2n) is 5.57. The first-order chi connectivity index (χ1) is 10.1. The number of hydrogen-bond acceptors (Lipinski definition) is 2. The number of amides is 1. The standard InChI is InChI=1S/C16H18FN3O/c1-11-8-13(3-4-14(11)17)16(21)19-9-12-2-5-15-18-6-7-20(15)10-12/h3-4,6-8,12H,2,5,9-10H2,1H3,(H,19,21)/t12-/m1/s1. The summed E-state index contributed by atoms with van der Waals surface area (Å²) < 4.78 is 15.3. The molecule has 1 amide bonds. The van der Waals surface area contributed by atoms with Crippen LogP contribution in [0.2, 0.25) is 0 Å². The van der Waals surface area contributed by atoms with Crippen LogP contribution in [0.25, 0.3) is 0 Å². The molecule has 0 bridgehead atoms. The first kappa shape index (κ1) is 13.8. The maximum atomic E-state index is 13.2. The Hall–Kier alpha value is -2.17. The third kappa shape index (κ3) is 2.96. The summed E-state index contributed by atoms with van der Waals surface area (Å²) in [4.78, 5) is 16.4. The fraction of sp³-hybridized carbons (Fsp3) is 0.375. The van der Waals surface area contributed by atoms with Crippen LogP contribution in [0.5, 0.6) is 0 Å². The minimum atomic E-state index is -0.286. The number of benzene rings is 1. The molecule has 2 heterocycles. The number of rotatable bonds is 3. The molecule has 0 fully saturated rings. The van der Waals surface area contributed by atoms with Crippen LogP contribution in [0, 0.1) is 18.7 Å². The van der Waals surface area contributed by atoms with E-state index in [1.807, 2.05) is 12.4 Å². The molecule has 1 aliphatic heterocycles. The Balaban J connectivity index is 1.58. The SMILES string of the molecule is Cc1cc(C(=O)NC[C@H]2CCc3nccn3C2)ccc1F. The molecule has 110 valence electrons. The molecule has 3 rings (SSSR count). The zero-order valence-electron chi connectivity index (χ0n) is 12.0. The highest BCUT2D eigenvalue weighted by atomic mass is 19.1. The van der Waals surface area contributed by atoms with Crippen LogP contribution in [-0.2, 0) is 13.0 Å². The van der Waals surface area contributed by atoms with Gasteiger partial charge in [0, 0.05) is 37.5 Å². The highest BCUT2D eigenvalue weighted by Crippen LogP contribution is 2.18. The molecular weight excluding hydrogens is 269 g/mol. The van der Waals surface area contributed by atoms with Crippen LogP contribution in [0.1, 0.15) is 28.2 Å². The number of aryl methyl sites for hydroxylation is 2. The van der Waals surface area contributed by atoms with Gasteiger partial charge in [0.25, 0.3) is 5.91 Å². The summed E-state index contributed by atoms with van der Waals surface area (Å²) >= 11 is 0. The van der Waals surface area contributed by atoms with E-state index < -0.39 is 0 Å². The quantitative estimate of drug-likeness (QED) is 0.941. The van der Waals surface area contributed by atoms with E-state index >= 15 is 0 Å².